The first kappa shape index (κ1) is 15.6. The summed E-state index contributed by atoms with van der Waals surface area (Å²) in [7, 11) is 0. The lowest BCUT2D eigenvalue weighted by atomic mass is 9.63. The molecule has 3 fully saturated rings. The lowest BCUT2D eigenvalue weighted by molar-refractivity contribution is -0.140. The lowest BCUT2D eigenvalue weighted by Gasteiger charge is -2.37. The van der Waals surface area contributed by atoms with E-state index < -0.39 is 0 Å². The van der Waals surface area contributed by atoms with Gasteiger partial charge in [-0.15, -0.1) is 0 Å². The van der Waals surface area contributed by atoms with E-state index in [2.05, 4.69) is 17.3 Å². The summed E-state index contributed by atoms with van der Waals surface area (Å²) >= 11 is 0. The van der Waals surface area contributed by atoms with Crippen molar-refractivity contribution in [2.24, 2.45) is 40.6 Å². The number of hydrazone groups is 1. The highest BCUT2D eigenvalue weighted by Crippen LogP contribution is 2.65. The number of hydrogen-bond acceptors (Lipinski definition) is 5. The smallest absolute Gasteiger partial charge is 0.254 e. The van der Waals surface area contributed by atoms with Gasteiger partial charge in [0.05, 0.1) is 24.7 Å². The van der Waals surface area contributed by atoms with E-state index in [-0.39, 0.29) is 41.2 Å². The molecule has 134 valence electrons. The van der Waals surface area contributed by atoms with Crippen molar-refractivity contribution in [3.8, 4) is 11.5 Å². The van der Waals surface area contributed by atoms with Crippen LogP contribution in [0.2, 0.25) is 0 Å². The van der Waals surface area contributed by atoms with Crippen LogP contribution in [0.4, 0.5) is 0 Å². The monoisotopic (exact) mass is 352 g/mol. The van der Waals surface area contributed by atoms with E-state index in [1.165, 1.54) is 12.3 Å². The maximum Gasteiger partial charge on any atom is 0.254 e. The van der Waals surface area contributed by atoms with Crippen molar-refractivity contribution < 1.29 is 19.4 Å². The third-order valence-electron chi connectivity index (χ3n) is 6.25. The van der Waals surface area contributed by atoms with Crippen LogP contribution in [0.5, 0.6) is 11.5 Å². The molecular formula is C20H20N2O4. The van der Waals surface area contributed by atoms with Crippen LogP contribution in [0, 0.1) is 35.5 Å². The molecule has 5 aliphatic rings. The molecule has 6 rings (SSSR count). The van der Waals surface area contributed by atoms with Crippen molar-refractivity contribution >= 4 is 18.0 Å². The lowest BCUT2D eigenvalue weighted by Crippen LogP contribution is -2.40. The van der Waals surface area contributed by atoms with Gasteiger partial charge in [-0.2, -0.15) is 10.1 Å². The van der Waals surface area contributed by atoms with Gasteiger partial charge in [0.1, 0.15) is 0 Å². The van der Waals surface area contributed by atoms with Crippen LogP contribution in [0.3, 0.4) is 0 Å². The van der Waals surface area contributed by atoms with E-state index >= 15 is 0 Å². The summed E-state index contributed by atoms with van der Waals surface area (Å²) in [6, 6.07) is 4.82. The molecule has 6 nitrogen and oxygen atoms in total. The highest BCUT2D eigenvalue weighted by atomic mass is 16.5. The molecule has 1 aromatic carbocycles. The van der Waals surface area contributed by atoms with Crippen LogP contribution in [-0.4, -0.2) is 34.8 Å². The molecule has 0 unspecified atom stereocenters. The van der Waals surface area contributed by atoms with Crippen LogP contribution in [0.15, 0.2) is 35.5 Å². The van der Waals surface area contributed by atoms with Crippen molar-refractivity contribution in [1.82, 2.24) is 5.01 Å². The van der Waals surface area contributed by atoms with Gasteiger partial charge in [0.15, 0.2) is 11.5 Å². The van der Waals surface area contributed by atoms with Gasteiger partial charge in [0.25, 0.3) is 11.8 Å². The first-order chi connectivity index (χ1) is 12.6. The molecule has 1 heterocycles. The van der Waals surface area contributed by atoms with Gasteiger partial charge >= 0.3 is 0 Å². The van der Waals surface area contributed by atoms with Crippen molar-refractivity contribution in [3.63, 3.8) is 0 Å². The molecule has 2 saturated carbocycles. The molecule has 0 aromatic heterocycles. The molecule has 1 aromatic rings. The third kappa shape index (κ3) is 2.08. The van der Waals surface area contributed by atoms with Gasteiger partial charge < -0.3 is 9.84 Å². The zero-order valence-electron chi connectivity index (χ0n) is 14.4. The number of benzene rings is 1. The minimum Gasteiger partial charge on any atom is -0.504 e. The topological polar surface area (TPSA) is 79.2 Å². The third-order valence-corrected chi connectivity index (χ3v) is 6.25. The Bertz CT molecular complexity index is 825. The molecule has 1 saturated heterocycles. The summed E-state index contributed by atoms with van der Waals surface area (Å²) in [6.45, 7) is 2.26. The number of aromatic hydroxyl groups is 1. The molecule has 0 spiro atoms. The first-order valence-corrected chi connectivity index (χ1v) is 9.16. The van der Waals surface area contributed by atoms with E-state index in [9.17, 15) is 14.7 Å². The fourth-order valence-electron chi connectivity index (χ4n) is 5.06. The number of ether oxygens (including phenoxy) is 1. The number of carbonyl (C=O) groups is 2. The van der Waals surface area contributed by atoms with Gasteiger partial charge in [-0.3, -0.25) is 9.59 Å². The maximum atomic E-state index is 12.8. The van der Waals surface area contributed by atoms with E-state index in [0.29, 0.717) is 29.8 Å². The zero-order valence-corrected chi connectivity index (χ0v) is 14.4. The standard InChI is InChI=1S/C20H20N2O4/c1-2-26-16-7-10(3-6-15(16)23)9-21-22-19(24)17-11-4-5-12(14-8-13(11)14)18(17)20(22)25/h3-7,9,11-14,17-18,23H,2,8H2,1H3/b21-9-/t11-,12-,13-,14-,17-,18+/m0/s1. The average molecular weight is 352 g/mol. The Morgan fingerprint density at radius 3 is 2.46 bits per heavy atom. The largest absolute Gasteiger partial charge is 0.504 e. The Balaban J connectivity index is 1.40. The van der Waals surface area contributed by atoms with Crippen molar-refractivity contribution in [2.45, 2.75) is 13.3 Å². The SMILES string of the molecule is CCOc1cc(/C=N\N2C(=O)[C@@H]3[C@H]4C=C[C@@H]([C@@H]5C[C@@H]45)[C@@H]3C2=O)ccc1O. The van der Waals surface area contributed by atoms with E-state index in [1.807, 2.05) is 6.92 Å². The summed E-state index contributed by atoms with van der Waals surface area (Å²) in [5.74, 6) is 1.13. The molecule has 1 aliphatic heterocycles. The summed E-state index contributed by atoms with van der Waals surface area (Å²) in [5, 5.41) is 15.0. The van der Waals surface area contributed by atoms with E-state index in [0.717, 1.165) is 11.4 Å². The second-order valence-electron chi connectivity index (χ2n) is 7.55. The quantitative estimate of drug-likeness (QED) is 0.512. The molecular weight excluding hydrogens is 332 g/mol. The summed E-state index contributed by atoms with van der Waals surface area (Å²) in [4.78, 5) is 25.7. The van der Waals surface area contributed by atoms with E-state index in [4.69, 9.17) is 4.74 Å². The van der Waals surface area contributed by atoms with Crippen molar-refractivity contribution in [3.05, 3.63) is 35.9 Å². The second kappa shape index (κ2) is 5.43. The van der Waals surface area contributed by atoms with Gasteiger partial charge in [-0.1, -0.05) is 12.2 Å². The number of imide groups is 1. The Kier molecular flexibility index (Phi) is 3.26. The number of carbonyl (C=O) groups excluding carboxylic acids is 2. The zero-order chi connectivity index (χ0) is 18.0. The molecule has 1 N–H and O–H groups in total. The van der Waals surface area contributed by atoms with Crippen LogP contribution in [-0.2, 0) is 9.59 Å². The minimum absolute atomic E-state index is 0.0465. The summed E-state index contributed by atoms with van der Waals surface area (Å²) < 4.78 is 5.35. The number of phenolic OH excluding ortho intramolecular Hbond substituents is 1. The minimum atomic E-state index is -0.239. The van der Waals surface area contributed by atoms with Gasteiger partial charge in [0, 0.05) is 0 Å². The summed E-state index contributed by atoms with van der Waals surface area (Å²) in [6.07, 6.45) is 6.91. The maximum absolute atomic E-state index is 12.8. The molecule has 4 aliphatic carbocycles. The predicted molar refractivity (Wildman–Crippen MR) is 93.4 cm³/mol. The van der Waals surface area contributed by atoms with Gasteiger partial charge in [-0.25, -0.2) is 0 Å². The van der Waals surface area contributed by atoms with Crippen LogP contribution in [0.1, 0.15) is 18.9 Å². The number of hydrogen-bond donors (Lipinski definition) is 1. The first-order valence-electron chi connectivity index (χ1n) is 9.16. The fraction of sp³-hybridized carbons (Fsp3) is 0.450. The Morgan fingerprint density at radius 2 is 1.85 bits per heavy atom. The number of rotatable bonds is 4. The highest BCUT2D eigenvalue weighted by Gasteiger charge is 2.67. The normalized spacial score (nSPS) is 36.6. The molecule has 6 atom stereocenters. The van der Waals surface area contributed by atoms with Gasteiger partial charge in [-0.05, 0) is 60.8 Å². The Morgan fingerprint density at radius 1 is 1.19 bits per heavy atom. The van der Waals surface area contributed by atoms with Crippen molar-refractivity contribution in [1.29, 1.82) is 0 Å². The molecule has 0 radical (unpaired) electrons. The number of allylic oxidation sites excluding steroid dienone is 2. The molecule has 6 heteroatoms. The molecule has 2 amide bonds. The number of phenols is 1. The van der Waals surface area contributed by atoms with Crippen LogP contribution < -0.4 is 4.74 Å². The molecule has 2 bridgehead atoms. The summed E-state index contributed by atoms with van der Waals surface area (Å²) in [5.41, 5.74) is 0.658. The second-order valence-corrected chi connectivity index (χ2v) is 7.55. The Labute approximate surface area is 151 Å². The Hall–Kier alpha value is -2.63. The van der Waals surface area contributed by atoms with Crippen LogP contribution in [0.25, 0.3) is 0 Å². The predicted octanol–water partition coefficient (Wildman–Crippen LogP) is 2.18. The average Bonchev–Trinajstić information content (AvgIpc) is 3.42. The van der Waals surface area contributed by atoms with Crippen molar-refractivity contribution in [2.75, 3.05) is 6.61 Å². The van der Waals surface area contributed by atoms with Gasteiger partial charge in [0.2, 0.25) is 0 Å². The molecule has 26 heavy (non-hydrogen) atoms. The number of nitrogens with zero attached hydrogens (tertiary/aromatic N) is 2. The van der Waals surface area contributed by atoms with E-state index in [1.54, 1.807) is 12.1 Å². The fourth-order valence-corrected chi connectivity index (χ4v) is 5.06. The van der Waals surface area contributed by atoms with Crippen LogP contribution >= 0.6 is 0 Å². The highest BCUT2D eigenvalue weighted by molar-refractivity contribution is 6.06. The number of amides is 2.